The first kappa shape index (κ1) is 17.4. The van der Waals surface area contributed by atoms with Crippen molar-refractivity contribution < 1.29 is 19.6 Å². The highest BCUT2D eigenvalue weighted by Crippen LogP contribution is 2.17. The molecule has 0 saturated carbocycles. The van der Waals surface area contributed by atoms with Crippen LogP contribution in [0, 0.1) is 10.1 Å². The first-order valence-corrected chi connectivity index (χ1v) is 7.45. The van der Waals surface area contributed by atoms with E-state index < -0.39 is 11.0 Å². The molecule has 0 heterocycles. The summed E-state index contributed by atoms with van der Waals surface area (Å²) in [4.78, 5) is 21.9. The Bertz CT molecular complexity index is 673. The number of nitro groups is 1. The molecule has 0 aromatic heterocycles. The highest BCUT2D eigenvalue weighted by molar-refractivity contribution is 5.94. The molecule has 24 heavy (non-hydrogen) atoms. The number of nitrogens with zero attached hydrogens (tertiary/aromatic N) is 1. The van der Waals surface area contributed by atoms with E-state index in [2.05, 4.69) is 5.32 Å². The lowest BCUT2D eigenvalue weighted by atomic mass is 10.2. The molecular formula is C17H18N2O5. The molecule has 7 nitrogen and oxygen atoms in total. The van der Waals surface area contributed by atoms with Crippen molar-refractivity contribution in [3.05, 3.63) is 70.3 Å². The topological polar surface area (TPSA) is 102 Å². The maximum atomic E-state index is 11.8. The number of aliphatic hydroxyl groups excluding tert-OH is 1. The summed E-state index contributed by atoms with van der Waals surface area (Å²) in [6, 6.07) is 14.5. The number of hydrogen-bond acceptors (Lipinski definition) is 5. The summed E-state index contributed by atoms with van der Waals surface area (Å²) in [6.07, 6.45) is -0.415. The van der Waals surface area contributed by atoms with Gasteiger partial charge in [0.25, 0.3) is 11.6 Å². The maximum absolute atomic E-state index is 11.8. The fourth-order valence-electron chi connectivity index (χ4n) is 1.98. The number of rotatable bonds is 8. The lowest BCUT2D eigenvalue weighted by Gasteiger charge is -2.12. The molecule has 0 saturated heterocycles. The van der Waals surface area contributed by atoms with Crippen LogP contribution in [0.25, 0.3) is 0 Å². The summed E-state index contributed by atoms with van der Waals surface area (Å²) in [7, 11) is 0. The Morgan fingerprint density at radius 3 is 2.46 bits per heavy atom. The molecule has 7 heteroatoms. The molecule has 0 bridgehead atoms. The number of ether oxygens (including phenoxy) is 1. The van der Waals surface area contributed by atoms with Crippen LogP contribution < -0.4 is 10.1 Å². The summed E-state index contributed by atoms with van der Waals surface area (Å²) in [6.45, 7) is 0.359. The molecule has 0 spiro atoms. The van der Waals surface area contributed by atoms with Crippen molar-refractivity contribution in [2.45, 2.75) is 12.5 Å². The van der Waals surface area contributed by atoms with Crippen molar-refractivity contribution in [3.63, 3.8) is 0 Å². The monoisotopic (exact) mass is 330 g/mol. The van der Waals surface area contributed by atoms with E-state index in [-0.39, 0.29) is 24.7 Å². The Morgan fingerprint density at radius 1 is 1.17 bits per heavy atom. The molecule has 0 aliphatic rings. The van der Waals surface area contributed by atoms with Gasteiger partial charge in [-0.25, -0.2) is 0 Å². The molecule has 0 fully saturated rings. The van der Waals surface area contributed by atoms with Crippen LogP contribution >= 0.6 is 0 Å². The highest BCUT2D eigenvalue weighted by atomic mass is 16.6. The van der Waals surface area contributed by atoms with Gasteiger partial charge in [-0.1, -0.05) is 18.2 Å². The van der Waals surface area contributed by atoms with Crippen LogP contribution in [-0.4, -0.2) is 35.2 Å². The van der Waals surface area contributed by atoms with Gasteiger partial charge in [0.05, 0.1) is 17.6 Å². The third-order valence-corrected chi connectivity index (χ3v) is 3.30. The van der Waals surface area contributed by atoms with E-state index in [9.17, 15) is 20.0 Å². The van der Waals surface area contributed by atoms with Crippen LogP contribution in [0.4, 0.5) is 5.69 Å². The van der Waals surface area contributed by atoms with Gasteiger partial charge in [0.15, 0.2) is 0 Å². The molecule has 2 N–H and O–H groups in total. The number of carbonyl (C=O) groups is 1. The first-order chi connectivity index (χ1) is 11.6. The third kappa shape index (κ3) is 5.36. The van der Waals surface area contributed by atoms with Crippen molar-refractivity contribution in [2.75, 3.05) is 13.2 Å². The van der Waals surface area contributed by atoms with Gasteiger partial charge in [0, 0.05) is 30.7 Å². The van der Waals surface area contributed by atoms with Crippen LogP contribution in [-0.2, 0) is 0 Å². The van der Waals surface area contributed by atoms with Crippen LogP contribution in [0.1, 0.15) is 16.8 Å². The molecule has 0 radical (unpaired) electrons. The average Bonchev–Trinajstić information content (AvgIpc) is 2.61. The van der Waals surface area contributed by atoms with E-state index in [1.54, 1.807) is 24.3 Å². The second-order valence-electron chi connectivity index (χ2n) is 5.12. The van der Waals surface area contributed by atoms with Gasteiger partial charge in [-0.05, 0) is 24.3 Å². The van der Waals surface area contributed by atoms with Gasteiger partial charge < -0.3 is 15.2 Å². The van der Waals surface area contributed by atoms with Gasteiger partial charge in [0.1, 0.15) is 5.75 Å². The molecular weight excluding hydrogens is 312 g/mol. The van der Waals surface area contributed by atoms with Crippen LogP contribution in [0.5, 0.6) is 5.75 Å². The van der Waals surface area contributed by atoms with Crippen LogP contribution in [0.15, 0.2) is 54.6 Å². The molecule has 1 amide bonds. The minimum absolute atomic E-state index is 0.00832. The molecule has 126 valence electrons. The highest BCUT2D eigenvalue weighted by Gasteiger charge is 2.09. The Balaban J connectivity index is 1.68. The Hall–Kier alpha value is -2.93. The lowest BCUT2D eigenvalue weighted by molar-refractivity contribution is -0.384. The quantitative estimate of drug-likeness (QED) is 0.570. The number of aliphatic hydroxyl groups is 1. The molecule has 2 rings (SSSR count). The minimum Gasteiger partial charge on any atom is -0.493 e. The van der Waals surface area contributed by atoms with Crippen molar-refractivity contribution in [1.29, 1.82) is 0 Å². The molecule has 1 unspecified atom stereocenters. The molecule has 0 aliphatic heterocycles. The largest absolute Gasteiger partial charge is 0.493 e. The second kappa shape index (κ2) is 8.64. The number of nitrogens with one attached hydrogen (secondary N) is 1. The first-order valence-electron chi connectivity index (χ1n) is 7.45. The van der Waals surface area contributed by atoms with Gasteiger partial charge in [-0.2, -0.15) is 0 Å². The number of hydrogen-bond donors (Lipinski definition) is 2. The smallest absolute Gasteiger partial charge is 0.269 e. The fraction of sp³-hybridized carbons (Fsp3) is 0.235. The predicted octanol–water partition coefficient (Wildman–Crippen LogP) is 2.15. The molecule has 0 aliphatic carbocycles. The zero-order valence-electron chi connectivity index (χ0n) is 12.9. The van der Waals surface area contributed by atoms with E-state index in [0.29, 0.717) is 17.7 Å². The van der Waals surface area contributed by atoms with Crippen molar-refractivity contribution in [1.82, 2.24) is 5.32 Å². The van der Waals surface area contributed by atoms with Crippen LogP contribution in [0.3, 0.4) is 0 Å². The average molecular weight is 330 g/mol. The number of nitro benzene ring substituents is 1. The van der Waals surface area contributed by atoms with Gasteiger partial charge >= 0.3 is 0 Å². The van der Waals surface area contributed by atoms with Gasteiger partial charge in [-0.3, -0.25) is 14.9 Å². The Labute approximate surface area is 139 Å². The lowest BCUT2D eigenvalue weighted by Crippen LogP contribution is -2.32. The van der Waals surface area contributed by atoms with Gasteiger partial charge in [-0.15, -0.1) is 0 Å². The van der Waals surface area contributed by atoms with E-state index in [0.717, 1.165) is 0 Å². The SMILES string of the molecule is O=C(NCC(O)CCOc1ccc([N+](=O)[O-])cc1)c1ccccc1. The molecule has 2 aromatic rings. The summed E-state index contributed by atoms with van der Waals surface area (Å²) in [5.41, 5.74) is 0.526. The summed E-state index contributed by atoms with van der Waals surface area (Å²) < 4.78 is 5.41. The zero-order chi connectivity index (χ0) is 17.4. The van der Waals surface area contributed by atoms with Crippen LogP contribution in [0.2, 0.25) is 0 Å². The fourth-order valence-corrected chi connectivity index (χ4v) is 1.98. The normalized spacial score (nSPS) is 11.5. The van der Waals surface area contributed by atoms with E-state index in [1.807, 2.05) is 6.07 Å². The number of carbonyl (C=O) groups excluding carboxylic acids is 1. The summed E-state index contributed by atoms with van der Waals surface area (Å²) in [5, 5.41) is 23.0. The number of non-ortho nitro benzene ring substituents is 1. The zero-order valence-corrected chi connectivity index (χ0v) is 12.9. The van der Waals surface area contributed by atoms with Crippen molar-refractivity contribution in [3.8, 4) is 5.75 Å². The maximum Gasteiger partial charge on any atom is 0.269 e. The van der Waals surface area contributed by atoms with Crippen molar-refractivity contribution in [2.24, 2.45) is 0 Å². The summed E-state index contributed by atoms with van der Waals surface area (Å²) >= 11 is 0. The second-order valence-corrected chi connectivity index (χ2v) is 5.12. The van der Waals surface area contributed by atoms with E-state index in [1.165, 1.54) is 24.3 Å². The molecule has 1 atom stereocenters. The van der Waals surface area contributed by atoms with E-state index in [4.69, 9.17) is 4.74 Å². The standard InChI is InChI=1S/C17H18N2O5/c20-15(12-18-17(21)13-4-2-1-3-5-13)10-11-24-16-8-6-14(7-9-16)19(22)23/h1-9,15,20H,10-12H2,(H,18,21). The predicted molar refractivity (Wildman–Crippen MR) is 88.0 cm³/mol. The summed E-state index contributed by atoms with van der Waals surface area (Å²) in [5.74, 6) is 0.243. The third-order valence-electron chi connectivity index (χ3n) is 3.30. The Morgan fingerprint density at radius 2 is 1.83 bits per heavy atom. The van der Waals surface area contributed by atoms with Crippen molar-refractivity contribution >= 4 is 11.6 Å². The number of amides is 1. The van der Waals surface area contributed by atoms with E-state index >= 15 is 0 Å². The Kier molecular flexibility index (Phi) is 6.27. The minimum atomic E-state index is -0.740. The van der Waals surface area contributed by atoms with Gasteiger partial charge in [0.2, 0.25) is 0 Å². The number of benzene rings is 2. The molecule has 2 aromatic carbocycles.